The van der Waals surface area contributed by atoms with Crippen LogP contribution in [0.2, 0.25) is 0 Å². The Morgan fingerprint density at radius 1 is 0.500 bits per heavy atom. The maximum Gasteiger partial charge on any atom is 0.351 e. The van der Waals surface area contributed by atoms with Crippen molar-refractivity contribution in [3.8, 4) is 11.5 Å². The molecule has 2 aromatic heterocycles. The van der Waals surface area contributed by atoms with Gasteiger partial charge in [-0.15, -0.1) is 20.5 Å². The second-order valence-electron chi connectivity index (χ2n) is 15.3. The number of nitrogens with one attached hydrogen (secondary N) is 6. The van der Waals surface area contributed by atoms with Gasteiger partial charge in [-0.3, -0.25) is 9.97 Å². The van der Waals surface area contributed by atoms with E-state index < -0.39 is 59.2 Å². The third-order valence-corrected chi connectivity index (χ3v) is 12.8. The lowest BCUT2D eigenvalue weighted by Gasteiger charge is -2.17. The van der Waals surface area contributed by atoms with E-state index in [2.05, 4.69) is 71.6 Å². The summed E-state index contributed by atoms with van der Waals surface area (Å²) in [6, 6.07) is 25.0. The Balaban J connectivity index is 0.914. The van der Waals surface area contributed by atoms with Crippen LogP contribution < -0.4 is 32.6 Å². The maximum atomic E-state index is 12.7. The van der Waals surface area contributed by atoms with Crippen molar-refractivity contribution in [2.24, 2.45) is 20.5 Å². The first kappa shape index (κ1) is 50.4. The van der Waals surface area contributed by atoms with Crippen LogP contribution in [0.3, 0.4) is 0 Å². The molecule has 0 bridgehead atoms. The van der Waals surface area contributed by atoms with Crippen molar-refractivity contribution in [2.45, 2.75) is 12.1 Å². The van der Waals surface area contributed by atoms with Gasteiger partial charge in [-0.1, -0.05) is 82.3 Å². The predicted octanol–water partition coefficient (Wildman–Crippen LogP) is 7.89. The molecule has 374 valence electrons. The molecular weight excluding hydrogens is 1000 g/mol. The fourth-order valence-corrected chi connectivity index (χ4v) is 9.24. The number of fused-ring (bicyclic) bond motifs is 2. The fraction of sp³-hybridized carbons (Fsp3) is 0.0870. The highest BCUT2D eigenvalue weighted by molar-refractivity contribution is 8.76. The van der Waals surface area contributed by atoms with Gasteiger partial charge < -0.3 is 51.9 Å². The lowest BCUT2D eigenvalue weighted by Crippen LogP contribution is -2.34. The molecule has 0 amide bonds. The average Bonchev–Trinajstić information content (AvgIpc) is 3.36. The summed E-state index contributed by atoms with van der Waals surface area (Å²) in [5.41, 5.74) is -1.51. The van der Waals surface area contributed by atoms with Crippen LogP contribution in [0.4, 0.5) is 57.9 Å². The third-order valence-electron chi connectivity index (χ3n) is 10.4. The Labute approximate surface area is 421 Å². The standard InChI is InChI=1S/C46H36N14O12S2/c61-35-29(59-57-25-11-3-1-9-23(25)37(63)64)17-15-21-7-5-13-27(33(21)35)47-41-51-43(55-45(71)53-41)49-31(39(67)68)19-73-74-20-32(40(69)70)50-44-52-42(54-46(72)56-44)48-28-14-6-8-22-16-18-30(36(62)34(22)28)60-58-26-12-4-2-10-24(26)38(65)66/h1-18,31-32,61-62H,19-20H2,(H,63,64)(H,65,66)(H,67,68)(H,69,70)(H3,47,49,51,53,55,71)(H3,48,50,52,54,56,72). The lowest BCUT2D eigenvalue weighted by molar-refractivity contribution is -0.138. The number of hydrogen-bond donors (Lipinski definition) is 12. The van der Waals surface area contributed by atoms with Crippen LogP contribution in [0.1, 0.15) is 20.7 Å². The quantitative estimate of drug-likeness (QED) is 0.0185. The van der Waals surface area contributed by atoms with Gasteiger partial charge in [-0.25, -0.2) is 28.8 Å². The number of rotatable bonds is 21. The number of carboxylic acid groups (broad SMARTS) is 4. The number of H-pyrrole nitrogens is 2. The molecule has 0 spiro atoms. The molecule has 6 aromatic carbocycles. The van der Waals surface area contributed by atoms with Gasteiger partial charge in [0.2, 0.25) is 23.8 Å². The molecule has 28 heteroatoms. The van der Waals surface area contributed by atoms with Crippen LogP contribution in [0.25, 0.3) is 21.5 Å². The smallest absolute Gasteiger partial charge is 0.351 e. The van der Waals surface area contributed by atoms with Gasteiger partial charge in [0, 0.05) is 22.3 Å². The number of azo groups is 2. The number of aliphatic carboxylic acids is 2. The largest absolute Gasteiger partial charge is 0.505 e. The van der Waals surface area contributed by atoms with Crippen LogP contribution in [0, 0.1) is 0 Å². The Hall–Kier alpha value is -9.96. The van der Waals surface area contributed by atoms with Crippen molar-refractivity contribution >= 4 is 125 Å². The van der Waals surface area contributed by atoms with E-state index in [4.69, 9.17) is 0 Å². The van der Waals surface area contributed by atoms with E-state index in [-0.39, 0.29) is 90.9 Å². The predicted molar refractivity (Wildman–Crippen MR) is 273 cm³/mol. The van der Waals surface area contributed by atoms with Crippen molar-refractivity contribution in [3.63, 3.8) is 0 Å². The van der Waals surface area contributed by atoms with Gasteiger partial charge in [0.15, 0.2) is 11.5 Å². The van der Waals surface area contributed by atoms with E-state index in [0.717, 1.165) is 21.6 Å². The highest BCUT2D eigenvalue weighted by Gasteiger charge is 2.24. The second-order valence-corrected chi connectivity index (χ2v) is 17.8. The number of benzene rings is 6. The van der Waals surface area contributed by atoms with E-state index >= 15 is 0 Å². The molecule has 2 heterocycles. The number of phenols is 2. The minimum Gasteiger partial charge on any atom is -0.505 e. The number of carbonyl (C=O) groups is 4. The summed E-state index contributed by atoms with van der Waals surface area (Å²) < 4.78 is 0. The number of anilines is 6. The van der Waals surface area contributed by atoms with E-state index in [1.54, 1.807) is 60.7 Å². The van der Waals surface area contributed by atoms with Crippen molar-refractivity contribution < 1.29 is 49.8 Å². The third kappa shape index (κ3) is 12.0. The van der Waals surface area contributed by atoms with E-state index in [0.29, 0.717) is 10.8 Å². The monoisotopic (exact) mass is 1040 g/mol. The summed E-state index contributed by atoms with van der Waals surface area (Å²) in [7, 11) is 1.91. The summed E-state index contributed by atoms with van der Waals surface area (Å²) in [5.74, 6) is -7.45. The lowest BCUT2D eigenvalue weighted by atomic mass is 10.1. The molecule has 0 aliphatic carbocycles. The van der Waals surface area contributed by atoms with Gasteiger partial charge in [-0.2, -0.15) is 19.9 Å². The van der Waals surface area contributed by atoms with Crippen LogP contribution in [0.15, 0.2) is 139 Å². The molecule has 12 N–H and O–H groups in total. The van der Waals surface area contributed by atoms with E-state index in [1.165, 1.54) is 48.5 Å². The van der Waals surface area contributed by atoms with Crippen LogP contribution in [-0.2, 0) is 9.59 Å². The van der Waals surface area contributed by atoms with Gasteiger partial charge in [0.05, 0.1) is 22.5 Å². The van der Waals surface area contributed by atoms with E-state index in [1.807, 2.05) is 0 Å². The Morgan fingerprint density at radius 2 is 0.892 bits per heavy atom. The molecule has 8 aromatic rings. The molecular formula is C46H36N14O12S2. The number of aromatic hydroxyl groups is 2. The topological polar surface area (TPSA) is 404 Å². The average molecular weight is 1040 g/mol. The molecule has 0 aliphatic rings. The summed E-state index contributed by atoms with van der Waals surface area (Å²) >= 11 is 0. The normalized spacial score (nSPS) is 12.2. The summed E-state index contributed by atoms with van der Waals surface area (Å²) in [6.07, 6.45) is 0. The zero-order valence-electron chi connectivity index (χ0n) is 37.5. The number of nitrogens with zero attached hydrogens (tertiary/aromatic N) is 8. The molecule has 2 atom stereocenters. The van der Waals surface area contributed by atoms with Gasteiger partial charge in [-0.05, 0) is 59.3 Å². The summed E-state index contributed by atoms with van der Waals surface area (Å²) in [4.78, 5) is 94.1. The molecule has 8 rings (SSSR count). The molecule has 26 nitrogen and oxygen atoms in total. The first-order chi connectivity index (χ1) is 35.6. The molecule has 2 unspecified atom stereocenters. The Morgan fingerprint density at radius 3 is 1.28 bits per heavy atom. The highest BCUT2D eigenvalue weighted by Crippen LogP contribution is 2.42. The van der Waals surface area contributed by atoms with Gasteiger partial charge in [0.25, 0.3) is 0 Å². The zero-order valence-corrected chi connectivity index (χ0v) is 39.1. The highest BCUT2D eigenvalue weighted by atomic mass is 33.1. The number of aromatic amines is 2. The number of hydrogen-bond acceptors (Lipinski definition) is 22. The van der Waals surface area contributed by atoms with Gasteiger partial charge >= 0.3 is 35.3 Å². The molecule has 0 saturated carbocycles. The molecule has 0 saturated heterocycles. The molecule has 0 aliphatic heterocycles. The summed E-state index contributed by atoms with van der Waals surface area (Å²) in [5, 5.41) is 90.3. The zero-order chi connectivity index (χ0) is 52.5. The maximum absolute atomic E-state index is 12.7. The molecule has 0 radical (unpaired) electrons. The minimum atomic E-state index is -1.41. The number of carboxylic acids is 4. The minimum absolute atomic E-state index is 0.0103. The SMILES string of the molecule is O=C(O)c1ccccc1N=Nc1ccc2cccc(Nc3nc(NC(CSSCC(Nc4nc(Nc5cccc6ccc(N=Nc7ccccc7C(=O)O)c(O)c56)[nH]c(=O)n4)C(=O)O)C(=O)O)nc(=O)[nH]3)c2c1O. The van der Waals surface area contributed by atoms with Crippen molar-refractivity contribution in [2.75, 3.05) is 32.8 Å². The molecule has 0 fully saturated rings. The van der Waals surface area contributed by atoms with Crippen LogP contribution in [-0.4, -0.2) is 108 Å². The van der Waals surface area contributed by atoms with E-state index in [9.17, 15) is 59.4 Å². The van der Waals surface area contributed by atoms with Crippen molar-refractivity contribution in [3.05, 3.63) is 141 Å². The van der Waals surface area contributed by atoms with Crippen molar-refractivity contribution in [1.29, 1.82) is 0 Å². The number of phenolic OH excluding ortho intramolecular Hbond substituents is 2. The van der Waals surface area contributed by atoms with Crippen molar-refractivity contribution in [1.82, 2.24) is 29.9 Å². The fourth-order valence-electron chi connectivity index (χ4n) is 6.93. The van der Waals surface area contributed by atoms with Crippen LogP contribution >= 0.6 is 21.6 Å². The number of aromatic nitrogens is 6. The Kier molecular flexibility index (Phi) is 15.3. The first-order valence-electron chi connectivity index (χ1n) is 21.3. The van der Waals surface area contributed by atoms with Gasteiger partial charge in [0.1, 0.15) is 34.8 Å². The Bertz CT molecular complexity index is 3450. The summed E-state index contributed by atoms with van der Waals surface area (Å²) in [6.45, 7) is 0. The van der Waals surface area contributed by atoms with Crippen LogP contribution in [0.5, 0.6) is 11.5 Å². The number of aromatic carboxylic acids is 2. The first-order valence-corrected chi connectivity index (χ1v) is 23.8. The molecule has 74 heavy (non-hydrogen) atoms. The second kappa shape index (κ2) is 22.4.